The zero-order valence-corrected chi connectivity index (χ0v) is 21.8. The number of nitrogens with one attached hydrogen (secondary N) is 1. The molecule has 0 unspecified atom stereocenters. The lowest BCUT2D eigenvalue weighted by Crippen LogP contribution is -2.21. The molecule has 12 heteroatoms. The molecule has 4 rings (SSSR count). The van der Waals surface area contributed by atoms with Gasteiger partial charge in [-0.15, -0.1) is 0 Å². The number of nitrogens with zero attached hydrogens (tertiary/aromatic N) is 5. The van der Waals surface area contributed by atoms with E-state index in [1.807, 2.05) is 36.4 Å². The molecule has 0 aliphatic heterocycles. The van der Waals surface area contributed by atoms with Gasteiger partial charge in [0.1, 0.15) is 5.75 Å². The van der Waals surface area contributed by atoms with Crippen molar-refractivity contribution in [3.05, 3.63) is 99.6 Å². The van der Waals surface area contributed by atoms with Crippen molar-refractivity contribution in [1.29, 1.82) is 5.26 Å². The van der Waals surface area contributed by atoms with Crippen molar-refractivity contribution in [2.75, 3.05) is 26.5 Å². The number of carbonyl (C=O) groups excluding carboxylic acids is 1. The quantitative estimate of drug-likeness (QED) is 0.211. The molecule has 1 N–H and O–H groups in total. The molecule has 1 amide bonds. The first kappa shape index (κ1) is 27.3. The van der Waals surface area contributed by atoms with Crippen LogP contribution in [0.3, 0.4) is 0 Å². The highest BCUT2D eigenvalue weighted by atomic mass is 16.6. The van der Waals surface area contributed by atoms with E-state index in [0.29, 0.717) is 11.1 Å². The molecule has 202 valence electrons. The van der Waals surface area contributed by atoms with Crippen LogP contribution in [0.15, 0.2) is 72.8 Å². The summed E-state index contributed by atoms with van der Waals surface area (Å²) in [5.74, 6) is -0.314. The summed E-state index contributed by atoms with van der Waals surface area (Å²) in [6.45, 7) is 0.206. The van der Waals surface area contributed by atoms with Crippen LogP contribution in [0.1, 0.15) is 21.5 Å². The number of amides is 1. The van der Waals surface area contributed by atoms with Gasteiger partial charge in [-0.2, -0.15) is 15.2 Å². The van der Waals surface area contributed by atoms with E-state index in [4.69, 9.17) is 14.2 Å². The lowest BCUT2D eigenvalue weighted by Gasteiger charge is -2.14. The fraction of sp³-hybridized carbons (Fsp3) is 0.143. The Hall–Kier alpha value is -5.70. The number of nitro groups is 1. The van der Waals surface area contributed by atoms with E-state index in [9.17, 15) is 20.2 Å². The zero-order chi connectivity index (χ0) is 28.6. The third-order valence-corrected chi connectivity index (χ3v) is 5.51. The second-order valence-corrected chi connectivity index (χ2v) is 8.51. The van der Waals surface area contributed by atoms with Crippen molar-refractivity contribution in [3.63, 3.8) is 0 Å². The molecule has 3 aromatic carbocycles. The Morgan fingerprint density at radius 1 is 1.02 bits per heavy atom. The summed E-state index contributed by atoms with van der Waals surface area (Å²) < 4.78 is 17.0. The monoisotopic (exact) mass is 540 g/mol. The highest BCUT2D eigenvalue weighted by Gasteiger charge is 2.28. The first-order valence-electron chi connectivity index (χ1n) is 11.9. The topological polar surface area (TPSA) is 153 Å². The average molecular weight is 541 g/mol. The molecule has 12 nitrogen and oxygen atoms in total. The summed E-state index contributed by atoms with van der Waals surface area (Å²) >= 11 is 0. The van der Waals surface area contributed by atoms with Crippen LogP contribution in [-0.4, -0.2) is 46.9 Å². The molecule has 0 saturated heterocycles. The maximum absolute atomic E-state index is 12.4. The summed E-state index contributed by atoms with van der Waals surface area (Å²) in [5, 5.41) is 24.5. The second kappa shape index (κ2) is 12.2. The van der Waals surface area contributed by atoms with Crippen LogP contribution in [0, 0.1) is 21.4 Å². The minimum Gasteiger partial charge on any atom is -0.493 e. The van der Waals surface area contributed by atoms with Gasteiger partial charge >= 0.3 is 17.6 Å². The predicted molar refractivity (Wildman–Crippen MR) is 145 cm³/mol. The third kappa shape index (κ3) is 6.40. The normalized spacial score (nSPS) is 10.2. The van der Waals surface area contributed by atoms with Crippen LogP contribution in [0.25, 0.3) is 0 Å². The van der Waals surface area contributed by atoms with Crippen LogP contribution in [0.4, 0.5) is 11.5 Å². The zero-order valence-electron chi connectivity index (χ0n) is 21.8. The van der Waals surface area contributed by atoms with E-state index in [-0.39, 0.29) is 41.5 Å². The van der Waals surface area contributed by atoms with Crippen molar-refractivity contribution >= 4 is 17.4 Å². The molecule has 0 radical (unpaired) electrons. The van der Waals surface area contributed by atoms with Crippen LogP contribution in [0.2, 0.25) is 0 Å². The molecular formula is C28H24N6O6. The van der Waals surface area contributed by atoms with Crippen molar-refractivity contribution in [3.8, 4) is 35.2 Å². The molecule has 0 aliphatic rings. The minimum absolute atomic E-state index is 0.119. The first-order valence-corrected chi connectivity index (χ1v) is 11.9. The molecule has 1 aromatic heterocycles. The number of methoxy groups -OCH3 is 1. The number of nitriles is 1. The number of ether oxygens (including phenoxy) is 3. The van der Waals surface area contributed by atoms with Crippen molar-refractivity contribution < 1.29 is 23.9 Å². The Kier molecular flexibility index (Phi) is 8.36. The molecule has 0 fully saturated rings. The smallest absolute Gasteiger partial charge is 0.373 e. The fourth-order valence-corrected chi connectivity index (χ4v) is 3.59. The SMILES string of the molecule is COc1ccc(C#N)cc1Oc1nc(NCc2ccccc2)c([N+](=O)[O-])c(Oc2cccc(C(=O)N(C)C)c2)n1. The molecule has 0 saturated carbocycles. The first-order chi connectivity index (χ1) is 19.3. The average Bonchev–Trinajstić information content (AvgIpc) is 2.96. The Bertz CT molecular complexity index is 1590. The standard InChI is InChI=1S/C28H24N6O6/c1-33(2)27(35)20-10-7-11-21(15-20)39-26-24(34(36)37)25(30-17-18-8-5-4-6-9-18)31-28(32-26)40-23-14-19(16-29)12-13-22(23)38-3/h4-15H,17H2,1-3H3,(H,30,31,32). The highest BCUT2D eigenvalue weighted by molar-refractivity contribution is 5.94. The summed E-state index contributed by atoms with van der Waals surface area (Å²) in [5.41, 5.74) is 0.916. The van der Waals surface area contributed by atoms with Crippen molar-refractivity contribution in [2.24, 2.45) is 0 Å². The maximum Gasteiger partial charge on any atom is 0.373 e. The van der Waals surface area contributed by atoms with E-state index in [2.05, 4.69) is 15.3 Å². The number of carbonyl (C=O) groups is 1. The number of aromatic nitrogens is 2. The van der Waals surface area contributed by atoms with Crippen molar-refractivity contribution in [1.82, 2.24) is 14.9 Å². The Morgan fingerprint density at radius 2 is 1.80 bits per heavy atom. The van der Waals surface area contributed by atoms with E-state index < -0.39 is 16.5 Å². The van der Waals surface area contributed by atoms with Crippen LogP contribution in [0.5, 0.6) is 29.1 Å². The van der Waals surface area contributed by atoms with Gasteiger partial charge in [0.2, 0.25) is 5.82 Å². The summed E-state index contributed by atoms with van der Waals surface area (Å²) in [4.78, 5) is 33.8. The molecule has 0 spiro atoms. The number of hydrogen-bond acceptors (Lipinski definition) is 10. The van der Waals surface area contributed by atoms with Gasteiger partial charge in [-0.3, -0.25) is 14.9 Å². The highest BCUT2D eigenvalue weighted by Crippen LogP contribution is 2.39. The van der Waals surface area contributed by atoms with E-state index in [1.165, 1.54) is 30.2 Å². The molecule has 40 heavy (non-hydrogen) atoms. The number of hydrogen-bond donors (Lipinski definition) is 1. The van der Waals surface area contributed by atoms with Gasteiger partial charge in [0, 0.05) is 32.3 Å². The maximum atomic E-state index is 12.4. The lowest BCUT2D eigenvalue weighted by atomic mass is 10.2. The van der Waals surface area contributed by atoms with E-state index >= 15 is 0 Å². The summed E-state index contributed by atoms with van der Waals surface area (Å²) in [6, 6.07) is 21.6. The largest absolute Gasteiger partial charge is 0.493 e. The molecule has 0 aliphatic carbocycles. The number of benzene rings is 3. The molecular weight excluding hydrogens is 516 g/mol. The summed E-state index contributed by atoms with van der Waals surface area (Å²) in [6.07, 6.45) is 0. The molecule has 0 bridgehead atoms. The van der Waals surface area contributed by atoms with Gasteiger partial charge in [0.25, 0.3) is 5.91 Å². The lowest BCUT2D eigenvalue weighted by molar-refractivity contribution is -0.385. The number of anilines is 1. The van der Waals surface area contributed by atoms with Gasteiger partial charge in [0.15, 0.2) is 11.5 Å². The summed E-state index contributed by atoms with van der Waals surface area (Å²) in [7, 11) is 4.64. The molecule has 4 aromatic rings. The fourth-order valence-electron chi connectivity index (χ4n) is 3.59. The van der Waals surface area contributed by atoms with Crippen LogP contribution in [-0.2, 0) is 6.54 Å². The van der Waals surface area contributed by atoms with E-state index in [0.717, 1.165) is 5.56 Å². The van der Waals surface area contributed by atoms with Crippen LogP contribution >= 0.6 is 0 Å². The van der Waals surface area contributed by atoms with Gasteiger partial charge < -0.3 is 24.4 Å². The predicted octanol–water partition coefficient (Wildman–Crippen LogP) is 5.16. The third-order valence-electron chi connectivity index (χ3n) is 5.51. The van der Waals surface area contributed by atoms with Gasteiger partial charge in [0.05, 0.1) is 23.7 Å². The van der Waals surface area contributed by atoms with Crippen LogP contribution < -0.4 is 19.5 Å². The molecule has 0 atom stereocenters. The molecule has 1 heterocycles. The van der Waals surface area contributed by atoms with Crippen molar-refractivity contribution in [2.45, 2.75) is 6.54 Å². The second-order valence-electron chi connectivity index (χ2n) is 8.51. The number of rotatable bonds is 10. The minimum atomic E-state index is -0.669. The van der Waals surface area contributed by atoms with E-state index in [1.54, 1.807) is 38.4 Å². The Labute approximate surface area is 229 Å². The Balaban J connectivity index is 1.79. The van der Waals surface area contributed by atoms with Gasteiger partial charge in [-0.1, -0.05) is 36.4 Å². The van der Waals surface area contributed by atoms with Gasteiger partial charge in [-0.25, -0.2) is 0 Å². The Morgan fingerprint density at radius 3 is 2.48 bits per heavy atom. The van der Waals surface area contributed by atoms with Gasteiger partial charge in [-0.05, 0) is 35.9 Å².